The van der Waals surface area contributed by atoms with Gasteiger partial charge in [-0.15, -0.1) is 0 Å². The summed E-state index contributed by atoms with van der Waals surface area (Å²) in [5.41, 5.74) is -0.383. The van der Waals surface area contributed by atoms with E-state index in [2.05, 4.69) is 0 Å². The van der Waals surface area contributed by atoms with E-state index in [4.69, 9.17) is 13.9 Å². The molecule has 198 valence electrons. The van der Waals surface area contributed by atoms with Gasteiger partial charge in [-0.3, -0.25) is 4.79 Å². The lowest BCUT2D eigenvalue weighted by Gasteiger charge is -2.29. The van der Waals surface area contributed by atoms with Crippen LogP contribution in [0.3, 0.4) is 0 Å². The van der Waals surface area contributed by atoms with Crippen molar-refractivity contribution in [1.82, 2.24) is 9.21 Å². The van der Waals surface area contributed by atoms with Crippen LogP contribution in [0.2, 0.25) is 0 Å². The molecule has 0 fully saturated rings. The Balaban J connectivity index is 1.60. The number of benzene rings is 2. The molecule has 1 aliphatic rings. The number of nitrogens with zero attached hydrogens (tertiary/aromatic N) is 2. The summed E-state index contributed by atoms with van der Waals surface area (Å²) in [5, 5.41) is 0. The number of rotatable bonds is 9. The van der Waals surface area contributed by atoms with Crippen LogP contribution in [0.25, 0.3) is 0 Å². The molecule has 1 aromatic heterocycles. The molecule has 0 bridgehead atoms. The first-order chi connectivity index (χ1) is 17.4. The van der Waals surface area contributed by atoms with Gasteiger partial charge >= 0.3 is 6.18 Å². The van der Waals surface area contributed by atoms with Gasteiger partial charge in [0.25, 0.3) is 0 Å². The third-order valence-corrected chi connectivity index (χ3v) is 7.74. The van der Waals surface area contributed by atoms with Crippen molar-refractivity contribution in [3.8, 4) is 11.5 Å². The third-order valence-electron chi connectivity index (χ3n) is 5.72. The summed E-state index contributed by atoms with van der Waals surface area (Å²) >= 11 is 0. The number of fused-ring (bicyclic) bond motifs is 1. The first-order valence-corrected chi connectivity index (χ1v) is 12.8. The number of hydrogen-bond donors (Lipinski definition) is 0. The van der Waals surface area contributed by atoms with Crippen molar-refractivity contribution in [3.05, 3.63) is 77.7 Å². The third kappa shape index (κ3) is 6.08. The van der Waals surface area contributed by atoms with Crippen LogP contribution >= 0.6 is 0 Å². The van der Waals surface area contributed by atoms with Crippen LogP contribution in [0, 0.1) is 0 Å². The van der Waals surface area contributed by atoms with Gasteiger partial charge in [0.1, 0.15) is 5.76 Å². The van der Waals surface area contributed by atoms with E-state index in [0.717, 1.165) is 22.5 Å². The van der Waals surface area contributed by atoms with Crippen molar-refractivity contribution >= 4 is 15.9 Å². The van der Waals surface area contributed by atoms with Crippen LogP contribution in [0.1, 0.15) is 30.7 Å². The molecule has 0 N–H and O–H groups in total. The van der Waals surface area contributed by atoms with Crippen LogP contribution < -0.4 is 9.47 Å². The van der Waals surface area contributed by atoms with Crippen LogP contribution in [-0.2, 0) is 34.1 Å². The molecule has 12 heteroatoms. The van der Waals surface area contributed by atoms with Gasteiger partial charge in [0.2, 0.25) is 22.7 Å². The number of halogens is 3. The molecule has 0 aliphatic carbocycles. The number of carbonyl (C=O) groups excluding carboxylic acids is 1. The Labute approximate surface area is 212 Å². The van der Waals surface area contributed by atoms with Crippen LogP contribution in [0.15, 0.2) is 70.2 Å². The van der Waals surface area contributed by atoms with Gasteiger partial charge in [-0.25, -0.2) is 8.42 Å². The molecule has 1 aliphatic heterocycles. The van der Waals surface area contributed by atoms with Gasteiger partial charge in [0.15, 0.2) is 11.5 Å². The normalized spacial score (nSPS) is 13.4. The van der Waals surface area contributed by atoms with Gasteiger partial charge in [-0.2, -0.15) is 17.5 Å². The molecule has 0 saturated heterocycles. The maximum Gasteiger partial charge on any atom is 0.416 e. The Bertz CT molecular complexity index is 1360. The average molecular weight is 539 g/mol. The van der Waals surface area contributed by atoms with Crippen molar-refractivity contribution < 1.29 is 40.3 Å². The highest BCUT2D eigenvalue weighted by molar-refractivity contribution is 7.89. The fourth-order valence-corrected chi connectivity index (χ4v) is 5.46. The number of hydrogen-bond acceptors (Lipinski definition) is 6. The number of carbonyl (C=O) groups is 1. The maximum absolute atomic E-state index is 13.5. The fraction of sp³-hybridized carbons (Fsp3) is 0.320. The summed E-state index contributed by atoms with van der Waals surface area (Å²) in [4.78, 5) is 14.3. The summed E-state index contributed by atoms with van der Waals surface area (Å²) in [6.07, 6.45) is -3.26. The summed E-state index contributed by atoms with van der Waals surface area (Å²) in [6.45, 7) is 2.76. The molecule has 2 aromatic carbocycles. The molecule has 1 amide bonds. The number of amides is 1. The summed E-state index contributed by atoms with van der Waals surface area (Å²) in [6, 6.07) is 11.3. The number of sulfonamides is 1. The largest absolute Gasteiger partial charge is 0.467 e. The van der Waals surface area contributed by atoms with E-state index in [-0.39, 0.29) is 19.9 Å². The highest BCUT2D eigenvalue weighted by Gasteiger charge is 2.35. The second-order valence-electron chi connectivity index (χ2n) is 8.69. The van der Waals surface area contributed by atoms with Crippen molar-refractivity contribution in [1.29, 1.82) is 0 Å². The molecule has 3 aromatic rings. The molecule has 0 unspecified atom stereocenters. The minimum absolute atomic E-state index is 0.0514. The first kappa shape index (κ1) is 26.6. The maximum atomic E-state index is 13.5. The lowest BCUT2D eigenvalue weighted by molar-refractivity contribution is -0.137. The van der Waals surface area contributed by atoms with E-state index in [1.165, 1.54) is 11.2 Å². The van der Waals surface area contributed by atoms with Crippen molar-refractivity contribution in [2.75, 3.05) is 13.3 Å². The second-order valence-corrected chi connectivity index (χ2v) is 10.6. The van der Waals surface area contributed by atoms with E-state index in [1.54, 1.807) is 44.2 Å². The topological polar surface area (TPSA) is 89.3 Å². The first-order valence-electron chi connectivity index (χ1n) is 11.3. The zero-order valence-electron chi connectivity index (χ0n) is 20.1. The smallest absolute Gasteiger partial charge is 0.416 e. The predicted molar refractivity (Wildman–Crippen MR) is 126 cm³/mol. The summed E-state index contributed by atoms with van der Waals surface area (Å²) in [7, 11) is -4.43. The highest BCUT2D eigenvalue weighted by Crippen LogP contribution is 2.33. The zero-order chi connectivity index (χ0) is 26.8. The molecule has 0 atom stereocenters. The number of ether oxygens (including phenoxy) is 2. The van der Waals surface area contributed by atoms with Crippen molar-refractivity contribution in [3.63, 3.8) is 0 Å². The Morgan fingerprint density at radius 3 is 2.43 bits per heavy atom. The molecule has 8 nitrogen and oxygen atoms in total. The van der Waals surface area contributed by atoms with Crippen LogP contribution in [0.4, 0.5) is 13.2 Å². The Hall–Kier alpha value is -3.51. The van der Waals surface area contributed by atoms with Gasteiger partial charge in [0.05, 0.1) is 29.8 Å². The monoisotopic (exact) mass is 538 g/mol. The molecule has 0 spiro atoms. The Morgan fingerprint density at radius 2 is 1.76 bits per heavy atom. The van der Waals surface area contributed by atoms with E-state index >= 15 is 0 Å². The standard InChI is InChI=1S/C25H25F3N2O6S/c1-17(2)30(37(32,33)21-7-3-5-19(12-21)25(26,27)28)15-24(31)29(14-20-6-4-10-34-20)13-18-8-9-22-23(11-18)36-16-35-22/h3-12,17H,13-16H2,1-2H3. The summed E-state index contributed by atoms with van der Waals surface area (Å²) < 4.78 is 83.3. The van der Waals surface area contributed by atoms with E-state index < -0.39 is 45.2 Å². The van der Waals surface area contributed by atoms with Crippen molar-refractivity contribution in [2.45, 2.75) is 44.1 Å². The van der Waals surface area contributed by atoms with E-state index in [9.17, 15) is 26.4 Å². The molecule has 0 saturated carbocycles. The highest BCUT2D eigenvalue weighted by atomic mass is 32.2. The molecule has 4 rings (SSSR count). The van der Waals surface area contributed by atoms with Gasteiger partial charge in [-0.1, -0.05) is 12.1 Å². The second kappa shape index (κ2) is 10.5. The fourth-order valence-electron chi connectivity index (χ4n) is 3.83. The minimum atomic E-state index is -4.71. The van der Waals surface area contributed by atoms with Gasteiger partial charge < -0.3 is 18.8 Å². The van der Waals surface area contributed by atoms with Gasteiger partial charge in [0, 0.05) is 12.6 Å². The quantitative estimate of drug-likeness (QED) is 0.394. The predicted octanol–water partition coefficient (Wildman–Crippen LogP) is 4.66. The van der Waals surface area contributed by atoms with Crippen molar-refractivity contribution in [2.24, 2.45) is 0 Å². The Morgan fingerprint density at radius 1 is 1.00 bits per heavy atom. The van der Waals surface area contributed by atoms with Crippen LogP contribution in [-0.4, -0.2) is 42.9 Å². The molecule has 0 radical (unpaired) electrons. The number of alkyl halides is 3. The zero-order valence-corrected chi connectivity index (χ0v) is 20.9. The Kier molecular flexibility index (Phi) is 7.51. The van der Waals surface area contributed by atoms with E-state index in [1.807, 2.05) is 0 Å². The van der Waals surface area contributed by atoms with E-state index in [0.29, 0.717) is 28.9 Å². The lowest BCUT2D eigenvalue weighted by atomic mass is 10.2. The minimum Gasteiger partial charge on any atom is -0.467 e. The molecule has 37 heavy (non-hydrogen) atoms. The molecular formula is C25H25F3N2O6S. The number of furan rings is 1. The average Bonchev–Trinajstić information content (AvgIpc) is 3.53. The van der Waals surface area contributed by atoms with Crippen LogP contribution in [0.5, 0.6) is 11.5 Å². The molecular weight excluding hydrogens is 513 g/mol. The lowest BCUT2D eigenvalue weighted by Crippen LogP contribution is -2.45. The molecule has 2 heterocycles. The van der Waals surface area contributed by atoms with Gasteiger partial charge in [-0.05, 0) is 61.9 Å². The summed E-state index contributed by atoms with van der Waals surface area (Å²) in [5.74, 6) is 1.02. The SMILES string of the molecule is CC(C)N(CC(=O)N(Cc1ccc2c(c1)OCO2)Cc1ccco1)S(=O)(=O)c1cccc(C(F)(F)F)c1.